The van der Waals surface area contributed by atoms with Gasteiger partial charge >= 0.3 is 0 Å². The molecule has 0 unspecified atom stereocenters. The number of benzene rings is 2. The predicted molar refractivity (Wildman–Crippen MR) is 87.6 cm³/mol. The minimum Gasteiger partial charge on any atom is -0.436 e. The van der Waals surface area contributed by atoms with Crippen LogP contribution in [0, 0.1) is 6.92 Å². The lowest BCUT2D eigenvalue weighted by molar-refractivity contribution is -0.667. The average Bonchev–Trinajstić information content (AvgIpc) is 2.99. The molecular formula is C19H17N2O+. The number of fused-ring (bicyclic) bond motifs is 2. The Morgan fingerprint density at radius 1 is 1.09 bits per heavy atom. The fourth-order valence-electron chi connectivity index (χ4n) is 2.88. The van der Waals surface area contributed by atoms with Crippen molar-refractivity contribution >= 4 is 22.0 Å². The van der Waals surface area contributed by atoms with Crippen LogP contribution >= 0.6 is 0 Å². The number of aromatic nitrogens is 2. The van der Waals surface area contributed by atoms with Gasteiger partial charge in [0.25, 0.3) is 0 Å². The largest absolute Gasteiger partial charge is 0.436 e. The van der Waals surface area contributed by atoms with E-state index in [0.29, 0.717) is 5.89 Å². The minimum absolute atomic E-state index is 0.675. The Hall–Kier alpha value is -2.68. The summed E-state index contributed by atoms with van der Waals surface area (Å²) in [5.41, 5.74) is 5.23. The fraction of sp³-hybridized carbons (Fsp3) is 0.158. The number of aryl methyl sites for hydroxylation is 2. The highest BCUT2D eigenvalue weighted by Gasteiger charge is 2.13. The second-order valence-corrected chi connectivity index (χ2v) is 5.50. The Balaban J connectivity index is 1.94. The number of pyridine rings is 1. The molecular weight excluding hydrogens is 272 g/mol. The van der Waals surface area contributed by atoms with Gasteiger partial charge in [0.2, 0.25) is 11.4 Å². The molecule has 0 spiro atoms. The monoisotopic (exact) mass is 289 g/mol. The van der Waals surface area contributed by atoms with E-state index >= 15 is 0 Å². The van der Waals surface area contributed by atoms with E-state index in [9.17, 15) is 0 Å². The minimum atomic E-state index is 0.675. The Morgan fingerprint density at radius 3 is 2.77 bits per heavy atom. The van der Waals surface area contributed by atoms with E-state index in [4.69, 9.17) is 4.42 Å². The lowest BCUT2D eigenvalue weighted by atomic mass is 10.1. The smallest absolute Gasteiger partial charge is 0.227 e. The zero-order valence-electron chi connectivity index (χ0n) is 12.7. The molecule has 0 bridgehead atoms. The lowest BCUT2D eigenvalue weighted by Crippen LogP contribution is -2.32. The van der Waals surface area contributed by atoms with Gasteiger partial charge in [-0.15, -0.1) is 0 Å². The molecule has 0 fully saturated rings. The first-order chi connectivity index (χ1) is 10.8. The van der Waals surface area contributed by atoms with Gasteiger partial charge in [-0.05, 0) is 43.7 Å². The first-order valence-corrected chi connectivity index (χ1v) is 7.55. The van der Waals surface area contributed by atoms with Gasteiger partial charge in [0.1, 0.15) is 12.1 Å². The summed E-state index contributed by atoms with van der Waals surface area (Å²) in [4.78, 5) is 4.59. The summed E-state index contributed by atoms with van der Waals surface area (Å²) in [5.74, 6) is 0.675. The molecule has 0 saturated carbocycles. The summed E-state index contributed by atoms with van der Waals surface area (Å²) in [6, 6.07) is 16.4. The number of hydrogen-bond donors (Lipinski definition) is 0. The van der Waals surface area contributed by atoms with Crippen LogP contribution in [-0.4, -0.2) is 4.98 Å². The number of hydrogen-bond acceptors (Lipinski definition) is 2. The zero-order chi connectivity index (χ0) is 15.1. The van der Waals surface area contributed by atoms with Crippen LogP contribution < -0.4 is 4.57 Å². The standard InChI is InChI=1S/C19H17N2O/c1-3-21-11-10-13(2)15-12-14(8-9-17(15)21)19-20-16-6-4-5-7-18(16)22-19/h4-12H,3H2,1-2H3/q+1. The van der Waals surface area contributed by atoms with Crippen LogP contribution in [0.4, 0.5) is 0 Å². The molecule has 2 heterocycles. The lowest BCUT2D eigenvalue weighted by Gasteiger charge is -2.03. The maximum absolute atomic E-state index is 5.88. The molecule has 4 aromatic rings. The molecule has 0 atom stereocenters. The molecule has 0 radical (unpaired) electrons. The normalized spacial score (nSPS) is 11.4. The van der Waals surface area contributed by atoms with Crippen LogP contribution in [0.3, 0.4) is 0 Å². The first-order valence-electron chi connectivity index (χ1n) is 7.55. The molecule has 0 aliphatic heterocycles. The van der Waals surface area contributed by atoms with Crippen LogP contribution in [0.15, 0.2) is 59.1 Å². The van der Waals surface area contributed by atoms with Crippen LogP contribution in [0.25, 0.3) is 33.5 Å². The van der Waals surface area contributed by atoms with E-state index in [1.165, 1.54) is 16.5 Å². The molecule has 3 nitrogen and oxygen atoms in total. The van der Waals surface area contributed by atoms with Crippen LogP contribution in [0.5, 0.6) is 0 Å². The number of rotatable bonds is 2. The van der Waals surface area contributed by atoms with Crippen molar-refractivity contribution in [3.63, 3.8) is 0 Å². The van der Waals surface area contributed by atoms with E-state index < -0.39 is 0 Å². The van der Waals surface area contributed by atoms with Crippen molar-refractivity contribution in [1.29, 1.82) is 0 Å². The summed E-state index contributed by atoms with van der Waals surface area (Å²) in [7, 11) is 0. The van der Waals surface area contributed by atoms with E-state index in [-0.39, 0.29) is 0 Å². The topological polar surface area (TPSA) is 29.9 Å². The van der Waals surface area contributed by atoms with Gasteiger partial charge in [0, 0.05) is 17.7 Å². The van der Waals surface area contributed by atoms with Gasteiger partial charge in [-0.3, -0.25) is 0 Å². The number of oxazole rings is 1. The molecule has 2 aromatic carbocycles. The maximum Gasteiger partial charge on any atom is 0.227 e. The molecule has 22 heavy (non-hydrogen) atoms. The Bertz CT molecular complexity index is 952. The summed E-state index contributed by atoms with van der Waals surface area (Å²) in [6.45, 7) is 5.25. The summed E-state index contributed by atoms with van der Waals surface area (Å²) in [6.07, 6.45) is 2.14. The highest BCUT2D eigenvalue weighted by Crippen LogP contribution is 2.27. The zero-order valence-corrected chi connectivity index (χ0v) is 12.7. The predicted octanol–water partition coefficient (Wildman–Crippen LogP) is 4.26. The van der Waals surface area contributed by atoms with E-state index in [1.54, 1.807) is 0 Å². The van der Waals surface area contributed by atoms with E-state index in [2.05, 4.69) is 53.9 Å². The van der Waals surface area contributed by atoms with Crippen molar-refractivity contribution in [2.75, 3.05) is 0 Å². The second kappa shape index (κ2) is 4.95. The van der Waals surface area contributed by atoms with Crippen LogP contribution in [0.2, 0.25) is 0 Å². The molecule has 4 rings (SSSR count). The molecule has 3 heteroatoms. The molecule has 0 aliphatic rings. The molecule has 2 aromatic heterocycles. The molecule has 0 N–H and O–H groups in total. The number of nitrogens with zero attached hydrogens (tertiary/aromatic N) is 2. The Labute approximate surface area is 128 Å². The molecule has 0 aliphatic carbocycles. The van der Waals surface area contributed by atoms with E-state index in [0.717, 1.165) is 23.2 Å². The van der Waals surface area contributed by atoms with Gasteiger partial charge in [-0.2, -0.15) is 4.57 Å². The van der Waals surface area contributed by atoms with E-state index in [1.807, 2.05) is 24.3 Å². The summed E-state index contributed by atoms with van der Waals surface area (Å²) in [5, 5.41) is 1.24. The molecule has 0 amide bonds. The Kier molecular flexibility index (Phi) is 2.93. The van der Waals surface area contributed by atoms with Gasteiger partial charge in [-0.25, -0.2) is 4.98 Å². The molecule has 0 saturated heterocycles. The van der Waals surface area contributed by atoms with Gasteiger partial charge in [-0.1, -0.05) is 12.1 Å². The highest BCUT2D eigenvalue weighted by molar-refractivity contribution is 5.85. The van der Waals surface area contributed by atoms with Gasteiger partial charge in [0.15, 0.2) is 11.8 Å². The first kappa shape index (κ1) is 13.0. The van der Waals surface area contributed by atoms with Crippen molar-refractivity contribution < 1.29 is 8.98 Å². The third-order valence-corrected chi connectivity index (χ3v) is 4.12. The number of para-hydroxylation sites is 2. The second-order valence-electron chi connectivity index (χ2n) is 5.50. The summed E-state index contributed by atoms with van der Waals surface area (Å²) >= 11 is 0. The highest BCUT2D eigenvalue weighted by atomic mass is 16.3. The van der Waals surface area contributed by atoms with Crippen LogP contribution in [0.1, 0.15) is 12.5 Å². The van der Waals surface area contributed by atoms with Gasteiger partial charge < -0.3 is 4.42 Å². The molecule has 108 valence electrons. The van der Waals surface area contributed by atoms with Crippen molar-refractivity contribution in [2.24, 2.45) is 0 Å². The van der Waals surface area contributed by atoms with Crippen LogP contribution in [-0.2, 0) is 6.54 Å². The average molecular weight is 289 g/mol. The SMILES string of the molecule is CC[n+]1ccc(C)c2cc(-c3nc4ccccc4o3)ccc21. The van der Waals surface area contributed by atoms with Crippen molar-refractivity contribution in [3.05, 3.63) is 60.3 Å². The van der Waals surface area contributed by atoms with Crippen molar-refractivity contribution in [2.45, 2.75) is 20.4 Å². The third kappa shape index (κ3) is 1.98. The fourth-order valence-corrected chi connectivity index (χ4v) is 2.88. The third-order valence-electron chi connectivity index (χ3n) is 4.12. The Morgan fingerprint density at radius 2 is 1.95 bits per heavy atom. The van der Waals surface area contributed by atoms with Crippen molar-refractivity contribution in [1.82, 2.24) is 4.98 Å². The van der Waals surface area contributed by atoms with Crippen molar-refractivity contribution in [3.8, 4) is 11.5 Å². The maximum atomic E-state index is 5.88. The quantitative estimate of drug-likeness (QED) is 0.516. The summed E-state index contributed by atoms with van der Waals surface area (Å²) < 4.78 is 8.13. The van der Waals surface area contributed by atoms with Gasteiger partial charge in [0.05, 0.1) is 5.39 Å².